The Bertz CT molecular complexity index is 878. The highest BCUT2D eigenvalue weighted by Gasteiger charge is 2.24. The van der Waals surface area contributed by atoms with Gasteiger partial charge in [-0.3, -0.25) is 0 Å². The number of esters is 1. The molecular formula is C15H18N4O5S2. The van der Waals surface area contributed by atoms with Crippen molar-refractivity contribution in [2.45, 2.75) is 11.4 Å². The van der Waals surface area contributed by atoms with Crippen LogP contribution in [0.5, 0.6) is 0 Å². The molecule has 3 heterocycles. The normalized spacial score (nSPS) is 15.0. The van der Waals surface area contributed by atoms with Gasteiger partial charge in [0.2, 0.25) is 10.0 Å². The zero-order chi connectivity index (χ0) is 18.6. The summed E-state index contributed by atoms with van der Waals surface area (Å²) in [7, 11) is -2.69. The van der Waals surface area contributed by atoms with Crippen LogP contribution in [0.4, 0.5) is 5.82 Å². The highest BCUT2D eigenvalue weighted by Crippen LogP contribution is 2.22. The van der Waals surface area contributed by atoms with Gasteiger partial charge in [0, 0.05) is 19.3 Å². The molecule has 3 rings (SSSR count). The standard InChI is InChI=1S/C15H18N4O5S2/c1-23-15(20)14-11(3-9-25-14)26(21,22)17-10-12-16-4-2-13(18-12)19-5-7-24-8-6-19/h2-4,9,17H,5-8,10H2,1H3. The van der Waals surface area contributed by atoms with E-state index in [2.05, 4.69) is 24.3 Å². The van der Waals surface area contributed by atoms with E-state index in [0.29, 0.717) is 19.0 Å². The molecule has 1 N–H and O–H groups in total. The van der Waals surface area contributed by atoms with E-state index in [4.69, 9.17) is 4.74 Å². The van der Waals surface area contributed by atoms with Gasteiger partial charge in [-0.15, -0.1) is 11.3 Å². The Morgan fingerprint density at radius 2 is 2.15 bits per heavy atom. The number of hydrogen-bond acceptors (Lipinski definition) is 9. The Hall–Kier alpha value is -2.08. The smallest absolute Gasteiger partial charge is 0.349 e. The topological polar surface area (TPSA) is 111 Å². The molecule has 0 radical (unpaired) electrons. The van der Waals surface area contributed by atoms with Crippen LogP contribution in [0.2, 0.25) is 0 Å². The summed E-state index contributed by atoms with van der Waals surface area (Å²) < 4.78 is 37.4. The van der Waals surface area contributed by atoms with E-state index < -0.39 is 16.0 Å². The van der Waals surface area contributed by atoms with Crippen molar-refractivity contribution in [1.82, 2.24) is 14.7 Å². The number of nitrogens with zero attached hydrogens (tertiary/aromatic N) is 3. The third-order valence-corrected chi connectivity index (χ3v) is 6.20. The molecule has 0 atom stereocenters. The number of aromatic nitrogens is 2. The van der Waals surface area contributed by atoms with Crippen molar-refractivity contribution >= 4 is 33.1 Å². The van der Waals surface area contributed by atoms with Gasteiger partial charge in [0.25, 0.3) is 0 Å². The molecule has 11 heteroatoms. The summed E-state index contributed by atoms with van der Waals surface area (Å²) in [6.45, 7) is 2.61. The quantitative estimate of drug-likeness (QED) is 0.706. The van der Waals surface area contributed by atoms with E-state index in [1.54, 1.807) is 12.3 Å². The molecule has 1 saturated heterocycles. The van der Waals surface area contributed by atoms with Gasteiger partial charge < -0.3 is 14.4 Å². The van der Waals surface area contributed by atoms with E-state index in [-0.39, 0.29) is 16.3 Å². The highest BCUT2D eigenvalue weighted by molar-refractivity contribution is 7.89. The van der Waals surface area contributed by atoms with E-state index >= 15 is 0 Å². The zero-order valence-electron chi connectivity index (χ0n) is 14.0. The fourth-order valence-corrected chi connectivity index (χ4v) is 4.74. The lowest BCUT2D eigenvalue weighted by atomic mass is 10.4. The van der Waals surface area contributed by atoms with E-state index in [9.17, 15) is 13.2 Å². The van der Waals surface area contributed by atoms with Crippen LogP contribution < -0.4 is 9.62 Å². The molecule has 0 bridgehead atoms. The maximum Gasteiger partial charge on any atom is 0.349 e. The molecular weight excluding hydrogens is 380 g/mol. The van der Waals surface area contributed by atoms with Crippen LogP contribution >= 0.6 is 11.3 Å². The molecule has 0 unspecified atom stereocenters. The predicted molar refractivity (Wildman–Crippen MR) is 94.7 cm³/mol. The van der Waals surface area contributed by atoms with Gasteiger partial charge in [0.05, 0.1) is 26.9 Å². The first kappa shape index (κ1) is 18.7. The molecule has 1 aliphatic rings. The van der Waals surface area contributed by atoms with E-state index in [0.717, 1.165) is 30.2 Å². The summed E-state index contributed by atoms with van der Waals surface area (Å²) in [6, 6.07) is 3.14. The number of thiophene rings is 1. The molecule has 1 aliphatic heterocycles. The van der Waals surface area contributed by atoms with Crippen molar-refractivity contribution in [3.63, 3.8) is 0 Å². The summed E-state index contributed by atoms with van der Waals surface area (Å²) in [6.07, 6.45) is 1.59. The lowest BCUT2D eigenvalue weighted by molar-refractivity contribution is 0.0602. The monoisotopic (exact) mass is 398 g/mol. The molecule has 9 nitrogen and oxygen atoms in total. The van der Waals surface area contributed by atoms with Gasteiger partial charge in [-0.25, -0.2) is 27.9 Å². The van der Waals surface area contributed by atoms with Crippen LogP contribution in [0, 0.1) is 0 Å². The number of morpholine rings is 1. The van der Waals surface area contributed by atoms with Gasteiger partial charge in [0.1, 0.15) is 21.4 Å². The minimum absolute atomic E-state index is 0.0305. The van der Waals surface area contributed by atoms with Crippen LogP contribution in [-0.2, 0) is 26.0 Å². The first-order valence-electron chi connectivity index (χ1n) is 7.81. The number of anilines is 1. The van der Waals surface area contributed by atoms with Crippen molar-refractivity contribution < 1.29 is 22.7 Å². The number of sulfonamides is 1. The summed E-state index contributed by atoms with van der Waals surface area (Å²) in [5.41, 5.74) is 0. The molecule has 2 aromatic rings. The maximum absolute atomic E-state index is 12.5. The Labute approximate surface area is 155 Å². The number of ether oxygens (including phenoxy) is 2. The van der Waals surface area contributed by atoms with E-state index in [1.807, 2.05) is 0 Å². The van der Waals surface area contributed by atoms with Gasteiger partial charge in [-0.05, 0) is 17.5 Å². The Morgan fingerprint density at radius 3 is 2.88 bits per heavy atom. The molecule has 26 heavy (non-hydrogen) atoms. The average molecular weight is 398 g/mol. The van der Waals surface area contributed by atoms with Crippen molar-refractivity contribution in [2.24, 2.45) is 0 Å². The Balaban J connectivity index is 1.72. The summed E-state index contributed by atoms with van der Waals surface area (Å²) in [4.78, 5) is 22.2. The van der Waals surface area contributed by atoms with Crippen LogP contribution in [0.25, 0.3) is 0 Å². The van der Waals surface area contributed by atoms with Crippen LogP contribution in [0.1, 0.15) is 15.5 Å². The lowest BCUT2D eigenvalue weighted by Gasteiger charge is -2.27. The SMILES string of the molecule is COC(=O)c1sccc1S(=O)(=O)NCc1nccc(N2CCOCC2)n1. The summed E-state index contributed by atoms with van der Waals surface area (Å²) >= 11 is 1.01. The third kappa shape index (κ3) is 4.18. The van der Waals surface area contributed by atoms with Gasteiger partial charge in [-0.1, -0.05) is 0 Å². The average Bonchev–Trinajstić information content (AvgIpc) is 3.18. The third-order valence-electron chi connectivity index (χ3n) is 3.74. The van der Waals surface area contributed by atoms with Crippen molar-refractivity contribution in [1.29, 1.82) is 0 Å². The second kappa shape index (κ2) is 8.08. The highest BCUT2D eigenvalue weighted by atomic mass is 32.2. The predicted octanol–water partition coefficient (Wildman–Crippen LogP) is 0.640. The minimum atomic E-state index is -3.89. The molecule has 2 aromatic heterocycles. The number of nitrogens with one attached hydrogen (secondary N) is 1. The van der Waals surface area contributed by atoms with Gasteiger partial charge >= 0.3 is 5.97 Å². The van der Waals surface area contributed by atoms with Crippen LogP contribution in [0.15, 0.2) is 28.6 Å². The summed E-state index contributed by atoms with van der Waals surface area (Å²) in [5, 5.41) is 1.52. The molecule has 0 spiro atoms. The minimum Gasteiger partial charge on any atom is -0.465 e. The number of carbonyl (C=O) groups is 1. The zero-order valence-corrected chi connectivity index (χ0v) is 15.7. The molecule has 0 amide bonds. The lowest BCUT2D eigenvalue weighted by Crippen LogP contribution is -2.37. The fraction of sp³-hybridized carbons (Fsp3) is 0.400. The number of rotatable bonds is 6. The molecule has 140 valence electrons. The molecule has 0 aliphatic carbocycles. The van der Waals surface area contributed by atoms with Crippen molar-refractivity contribution in [3.05, 3.63) is 34.4 Å². The molecule has 0 saturated carbocycles. The van der Waals surface area contributed by atoms with Crippen LogP contribution in [-0.4, -0.2) is 57.8 Å². The van der Waals surface area contributed by atoms with Crippen LogP contribution in [0.3, 0.4) is 0 Å². The first-order chi connectivity index (χ1) is 12.5. The number of methoxy groups -OCH3 is 1. The van der Waals surface area contributed by atoms with Crippen molar-refractivity contribution in [2.75, 3.05) is 38.3 Å². The second-order valence-corrected chi connectivity index (χ2v) is 8.01. The first-order valence-corrected chi connectivity index (χ1v) is 10.2. The van der Waals surface area contributed by atoms with Crippen molar-refractivity contribution in [3.8, 4) is 0 Å². The molecule has 0 aromatic carbocycles. The number of hydrogen-bond donors (Lipinski definition) is 1. The largest absolute Gasteiger partial charge is 0.465 e. The maximum atomic E-state index is 12.5. The fourth-order valence-electron chi connectivity index (χ4n) is 2.43. The Morgan fingerprint density at radius 1 is 1.38 bits per heavy atom. The van der Waals surface area contributed by atoms with E-state index in [1.165, 1.54) is 18.6 Å². The molecule has 1 fully saturated rings. The van der Waals surface area contributed by atoms with Gasteiger partial charge in [0.15, 0.2) is 0 Å². The summed E-state index contributed by atoms with van der Waals surface area (Å²) in [5.74, 6) is 0.377. The second-order valence-electron chi connectivity index (χ2n) is 5.36. The number of carbonyl (C=O) groups excluding carboxylic acids is 1. The Kier molecular flexibility index (Phi) is 5.81. The van der Waals surface area contributed by atoms with Gasteiger partial charge in [-0.2, -0.15) is 0 Å².